The van der Waals surface area contributed by atoms with Crippen molar-refractivity contribution < 1.29 is 0 Å². The molecule has 0 spiro atoms. The number of rotatable bonds is 3. The summed E-state index contributed by atoms with van der Waals surface area (Å²) in [6.45, 7) is 7.12. The van der Waals surface area contributed by atoms with E-state index >= 15 is 0 Å². The summed E-state index contributed by atoms with van der Waals surface area (Å²) in [4.78, 5) is 5.76. The molecule has 19 heavy (non-hydrogen) atoms. The molecule has 0 aliphatic carbocycles. The average Bonchev–Trinajstić information content (AvgIpc) is 3.09. The Bertz CT molecular complexity index is 409. The van der Waals surface area contributed by atoms with Crippen LogP contribution >= 0.6 is 11.3 Å². The molecule has 0 aromatic carbocycles. The molecule has 2 aliphatic heterocycles. The Morgan fingerprint density at radius 2 is 2.16 bits per heavy atom. The number of hydrogen-bond acceptors (Lipinski definition) is 3. The quantitative estimate of drug-likeness (QED) is 0.906. The topological polar surface area (TPSA) is 15.3 Å². The Hall–Kier alpha value is -0.380. The molecule has 0 saturated carbocycles. The van der Waals surface area contributed by atoms with Crippen LogP contribution in [0.15, 0.2) is 12.1 Å². The maximum atomic E-state index is 3.73. The van der Waals surface area contributed by atoms with Gasteiger partial charge < -0.3 is 5.32 Å². The summed E-state index contributed by atoms with van der Waals surface area (Å²) in [7, 11) is 0. The van der Waals surface area contributed by atoms with Crippen molar-refractivity contribution in [3.63, 3.8) is 0 Å². The van der Waals surface area contributed by atoms with E-state index in [1.165, 1.54) is 50.1 Å². The molecular weight excluding hydrogens is 252 g/mol. The van der Waals surface area contributed by atoms with Gasteiger partial charge in [0.15, 0.2) is 0 Å². The predicted molar refractivity (Wildman–Crippen MR) is 82.8 cm³/mol. The maximum Gasteiger partial charge on any atom is 0.0416 e. The van der Waals surface area contributed by atoms with E-state index < -0.39 is 0 Å². The highest BCUT2D eigenvalue weighted by atomic mass is 32.1. The van der Waals surface area contributed by atoms with Crippen LogP contribution in [0.3, 0.4) is 0 Å². The van der Waals surface area contributed by atoms with E-state index in [1.807, 2.05) is 11.3 Å². The number of aryl methyl sites for hydroxylation is 1. The highest BCUT2D eigenvalue weighted by Crippen LogP contribution is 2.34. The SMILES string of the molecule is Cc1ccc(C(C)N2CCCCC2C2CCCN2)s1. The van der Waals surface area contributed by atoms with E-state index in [1.54, 1.807) is 4.88 Å². The first-order valence-electron chi connectivity index (χ1n) is 7.81. The Kier molecular flexibility index (Phi) is 4.25. The zero-order valence-electron chi connectivity index (χ0n) is 12.2. The highest BCUT2D eigenvalue weighted by molar-refractivity contribution is 7.12. The number of likely N-dealkylation sites (tertiary alicyclic amines) is 1. The molecule has 0 bridgehead atoms. The third-order valence-corrected chi connectivity index (χ3v) is 6.00. The Morgan fingerprint density at radius 3 is 2.84 bits per heavy atom. The summed E-state index contributed by atoms with van der Waals surface area (Å²) in [5.74, 6) is 0. The van der Waals surface area contributed by atoms with Crippen molar-refractivity contribution in [3.05, 3.63) is 21.9 Å². The number of piperidine rings is 1. The lowest BCUT2D eigenvalue weighted by Crippen LogP contribution is -2.50. The summed E-state index contributed by atoms with van der Waals surface area (Å²) in [6, 6.07) is 6.69. The van der Waals surface area contributed by atoms with E-state index in [9.17, 15) is 0 Å². The van der Waals surface area contributed by atoms with E-state index in [4.69, 9.17) is 0 Å². The van der Waals surface area contributed by atoms with Crippen LogP contribution in [0.4, 0.5) is 0 Å². The van der Waals surface area contributed by atoms with Gasteiger partial charge in [-0.25, -0.2) is 0 Å². The Morgan fingerprint density at radius 1 is 1.26 bits per heavy atom. The maximum absolute atomic E-state index is 3.73. The molecule has 3 unspecified atom stereocenters. The van der Waals surface area contributed by atoms with Gasteiger partial charge in [-0.3, -0.25) is 4.90 Å². The van der Waals surface area contributed by atoms with Gasteiger partial charge >= 0.3 is 0 Å². The minimum atomic E-state index is 0.589. The van der Waals surface area contributed by atoms with Crippen LogP contribution in [0.2, 0.25) is 0 Å². The fourth-order valence-electron chi connectivity index (χ4n) is 3.77. The first-order valence-corrected chi connectivity index (χ1v) is 8.63. The third kappa shape index (κ3) is 2.88. The molecular formula is C16H26N2S. The van der Waals surface area contributed by atoms with Crippen molar-refractivity contribution in [1.82, 2.24) is 10.2 Å². The fraction of sp³-hybridized carbons (Fsp3) is 0.750. The molecule has 0 amide bonds. The first kappa shape index (κ1) is 13.6. The highest BCUT2D eigenvalue weighted by Gasteiger charge is 2.34. The van der Waals surface area contributed by atoms with E-state index in [0.717, 1.165) is 12.1 Å². The molecule has 1 N–H and O–H groups in total. The second kappa shape index (κ2) is 5.94. The van der Waals surface area contributed by atoms with Gasteiger partial charge in [0.05, 0.1) is 0 Å². The molecule has 3 atom stereocenters. The standard InChI is InChI=1S/C16H26N2S/c1-12-8-9-16(19-12)13(2)18-11-4-3-7-15(18)14-6-5-10-17-14/h8-9,13-15,17H,3-7,10-11H2,1-2H3. The van der Waals surface area contributed by atoms with E-state index in [0.29, 0.717) is 6.04 Å². The summed E-state index contributed by atoms with van der Waals surface area (Å²) >= 11 is 1.97. The summed E-state index contributed by atoms with van der Waals surface area (Å²) in [6.07, 6.45) is 6.90. The van der Waals surface area contributed by atoms with Gasteiger partial charge in [0, 0.05) is 27.9 Å². The molecule has 3 heteroatoms. The van der Waals surface area contributed by atoms with E-state index in [-0.39, 0.29) is 0 Å². The zero-order valence-corrected chi connectivity index (χ0v) is 13.0. The molecule has 1 aromatic rings. The van der Waals surface area contributed by atoms with Gasteiger partial charge in [-0.15, -0.1) is 11.3 Å². The monoisotopic (exact) mass is 278 g/mol. The lowest BCUT2D eigenvalue weighted by atomic mass is 9.93. The number of hydrogen-bond donors (Lipinski definition) is 1. The number of nitrogens with one attached hydrogen (secondary N) is 1. The van der Waals surface area contributed by atoms with Crippen LogP contribution < -0.4 is 5.32 Å². The summed E-state index contributed by atoms with van der Waals surface area (Å²) in [5, 5.41) is 3.73. The van der Waals surface area contributed by atoms with Crippen molar-refractivity contribution in [3.8, 4) is 0 Å². The first-order chi connectivity index (χ1) is 9.25. The van der Waals surface area contributed by atoms with Crippen molar-refractivity contribution in [2.45, 2.75) is 64.1 Å². The second-order valence-electron chi connectivity index (χ2n) is 6.13. The Labute approximate surface area is 121 Å². The third-order valence-electron chi connectivity index (χ3n) is 4.83. The molecule has 3 rings (SSSR count). The predicted octanol–water partition coefficient (Wildman–Crippen LogP) is 3.72. The molecule has 3 heterocycles. The number of nitrogens with zero attached hydrogens (tertiary/aromatic N) is 1. The largest absolute Gasteiger partial charge is 0.312 e. The van der Waals surface area contributed by atoms with Gasteiger partial charge in [0.25, 0.3) is 0 Å². The van der Waals surface area contributed by atoms with Crippen LogP contribution in [0.5, 0.6) is 0 Å². The van der Waals surface area contributed by atoms with Gasteiger partial charge in [-0.05, 0) is 64.8 Å². The summed E-state index contributed by atoms with van der Waals surface area (Å²) in [5.41, 5.74) is 0. The van der Waals surface area contributed by atoms with Crippen LogP contribution in [0, 0.1) is 6.92 Å². The van der Waals surface area contributed by atoms with Crippen LogP contribution in [0.25, 0.3) is 0 Å². The smallest absolute Gasteiger partial charge is 0.0416 e. The lowest BCUT2D eigenvalue weighted by molar-refractivity contribution is 0.0818. The second-order valence-corrected chi connectivity index (χ2v) is 7.45. The van der Waals surface area contributed by atoms with Gasteiger partial charge in [0.1, 0.15) is 0 Å². The molecule has 1 aromatic heterocycles. The molecule has 106 valence electrons. The number of thiophene rings is 1. The zero-order chi connectivity index (χ0) is 13.2. The normalized spacial score (nSPS) is 30.6. The van der Waals surface area contributed by atoms with Crippen LogP contribution in [-0.4, -0.2) is 30.1 Å². The van der Waals surface area contributed by atoms with Gasteiger partial charge in [-0.2, -0.15) is 0 Å². The van der Waals surface area contributed by atoms with Crippen molar-refractivity contribution >= 4 is 11.3 Å². The van der Waals surface area contributed by atoms with Gasteiger partial charge in [-0.1, -0.05) is 6.42 Å². The van der Waals surface area contributed by atoms with Crippen LogP contribution in [-0.2, 0) is 0 Å². The molecule has 2 saturated heterocycles. The lowest BCUT2D eigenvalue weighted by Gasteiger charge is -2.42. The molecule has 0 radical (unpaired) electrons. The molecule has 2 fully saturated rings. The minimum Gasteiger partial charge on any atom is -0.312 e. The van der Waals surface area contributed by atoms with Crippen molar-refractivity contribution in [1.29, 1.82) is 0 Å². The van der Waals surface area contributed by atoms with Crippen molar-refractivity contribution in [2.75, 3.05) is 13.1 Å². The van der Waals surface area contributed by atoms with Gasteiger partial charge in [0.2, 0.25) is 0 Å². The minimum absolute atomic E-state index is 0.589. The summed E-state index contributed by atoms with van der Waals surface area (Å²) < 4.78 is 0. The van der Waals surface area contributed by atoms with Crippen LogP contribution in [0.1, 0.15) is 54.8 Å². The molecule has 2 nitrogen and oxygen atoms in total. The van der Waals surface area contributed by atoms with E-state index in [2.05, 4.69) is 36.2 Å². The average molecular weight is 278 g/mol. The fourth-order valence-corrected chi connectivity index (χ4v) is 4.72. The Balaban J connectivity index is 1.75. The van der Waals surface area contributed by atoms with Crippen molar-refractivity contribution in [2.24, 2.45) is 0 Å². The molecule has 2 aliphatic rings.